The monoisotopic (exact) mass is 370 g/mol. The lowest BCUT2D eigenvalue weighted by atomic mass is 10.0. The molecule has 0 bridgehead atoms. The summed E-state index contributed by atoms with van der Waals surface area (Å²) in [5, 5.41) is 9.97. The number of benzene rings is 1. The third-order valence-electron chi connectivity index (χ3n) is 4.96. The van der Waals surface area contributed by atoms with Gasteiger partial charge in [-0.25, -0.2) is 9.59 Å². The number of hydrogen-bond donors (Lipinski definition) is 2. The number of aromatic nitrogens is 2. The van der Waals surface area contributed by atoms with E-state index in [-0.39, 0.29) is 18.1 Å². The molecule has 3 rings (SSSR count). The quantitative estimate of drug-likeness (QED) is 0.819. The number of rotatable bonds is 6. The Morgan fingerprint density at radius 1 is 1.33 bits per heavy atom. The molecule has 0 saturated carbocycles. The number of aryl methyl sites for hydroxylation is 1. The third kappa shape index (κ3) is 4.39. The van der Waals surface area contributed by atoms with Gasteiger partial charge in [-0.05, 0) is 25.0 Å². The second-order valence-electron chi connectivity index (χ2n) is 6.76. The van der Waals surface area contributed by atoms with Crippen molar-refractivity contribution in [3.05, 3.63) is 47.7 Å². The molecule has 2 aromatic rings. The van der Waals surface area contributed by atoms with E-state index < -0.39 is 0 Å². The summed E-state index contributed by atoms with van der Waals surface area (Å²) in [6.45, 7) is 6.61. The first-order chi connectivity index (χ1) is 13.0. The average Bonchev–Trinajstić information content (AvgIpc) is 3.27. The highest BCUT2D eigenvalue weighted by molar-refractivity contribution is 5.88. The second kappa shape index (κ2) is 8.11. The van der Waals surface area contributed by atoms with Gasteiger partial charge in [0.05, 0.1) is 12.6 Å². The second-order valence-corrected chi connectivity index (χ2v) is 6.76. The summed E-state index contributed by atoms with van der Waals surface area (Å²) in [4.78, 5) is 27.5. The lowest BCUT2D eigenvalue weighted by Crippen LogP contribution is -2.34. The standard InChI is InChI=1S/C19H26N6O2/c1-14-6-4-5-7-16(14)15(2)23(3)19(27)21-17-8-10-25(22-17)13-12-24-11-9-20-18(24)26/h4-8,10,15H,9,11-13H2,1-3H3,(H,20,26)(H,21,22,27). The Bertz CT molecular complexity index is 818. The van der Waals surface area contributed by atoms with Crippen molar-refractivity contribution in [1.82, 2.24) is 24.9 Å². The fourth-order valence-corrected chi connectivity index (χ4v) is 3.14. The Morgan fingerprint density at radius 3 is 2.81 bits per heavy atom. The molecule has 1 fully saturated rings. The molecule has 0 radical (unpaired) electrons. The van der Waals surface area contributed by atoms with Crippen LogP contribution < -0.4 is 10.6 Å². The van der Waals surface area contributed by atoms with E-state index in [9.17, 15) is 9.59 Å². The predicted octanol–water partition coefficient (Wildman–Crippen LogP) is 2.44. The molecule has 144 valence electrons. The molecule has 4 amide bonds. The zero-order valence-corrected chi connectivity index (χ0v) is 16.0. The van der Waals surface area contributed by atoms with Gasteiger partial charge in [0.2, 0.25) is 0 Å². The molecule has 1 aliphatic heterocycles. The summed E-state index contributed by atoms with van der Waals surface area (Å²) in [6.07, 6.45) is 1.80. The van der Waals surface area contributed by atoms with E-state index in [1.165, 1.54) is 0 Å². The lowest BCUT2D eigenvalue weighted by Gasteiger charge is -2.26. The fraction of sp³-hybridized carbons (Fsp3) is 0.421. The smallest absolute Gasteiger partial charge is 0.323 e. The highest BCUT2D eigenvalue weighted by Crippen LogP contribution is 2.22. The van der Waals surface area contributed by atoms with Crippen LogP contribution in [0, 0.1) is 6.92 Å². The van der Waals surface area contributed by atoms with Crippen LogP contribution in [0.4, 0.5) is 15.4 Å². The largest absolute Gasteiger partial charge is 0.336 e. The molecule has 1 aromatic heterocycles. The number of anilines is 1. The summed E-state index contributed by atoms with van der Waals surface area (Å²) in [5.74, 6) is 0.495. The average molecular weight is 370 g/mol. The minimum Gasteiger partial charge on any atom is -0.336 e. The number of carbonyl (C=O) groups is 2. The molecule has 1 aliphatic rings. The van der Waals surface area contributed by atoms with Gasteiger partial charge in [-0.15, -0.1) is 0 Å². The summed E-state index contributed by atoms with van der Waals surface area (Å²) in [5.41, 5.74) is 2.27. The van der Waals surface area contributed by atoms with Crippen molar-refractivity contribution in [3.8, 4) is 0 Å². The molecule has 8 heteroatoms. The SMILES string of the molecule is Cc1ccccc1C(C)N(C)C(=O)Nc1ccn(CCN2CCNC2=O)n1. The van der Waals surface area contributed by atoms with Gasteiger partial charge in [0.1, 0.15) is 0 Å². The van der Waals surface area contributed by atoms with Crippen molar-refractivity contribution >= 4 is 17.9 Å². The first kappa shape index (κ1) is 18.8. The number of nitrogens with one attached hydrogen (secondary N) is 2. The van der Waals surface area contributed by atoms with Crippen molar-refractivity contribution in [2.24, 2.45) is 0 Å². The van der Waals surface area contributed by atoms with E-state index in [0.717, 1.165) is 11.1 Å². The van der Waals surface area contributed by atoms with Crippen molar-refractivity contribution in [1.29, 1.82) is 0 Å². The van der Waals surface area contributed by atoms with Gasteiger partial charge in [0.25, 0.3) is 0 Å². The van der Waals surface area contributed by atoms with Gasteiger partial charge in [0.15, 0.2) is 5.82 Å². The molecular weight excluding hydrogens is 344 g/mol. The van der Waals surface area contributed by atoms with Gasteiger partial charge in [-0.2, -0.15) is 5.10 Å². The molecule has 27 heavy (non-hydrogen) atoms. The summed E-state index contributed by atoms with van der Waals surface area (Å²) >= 11 is 0. The topological polar surface area (TPSA) is 82.5 Å². The van der Waals surface area contributed by atoms with E-state index >= 15 is 0 Å². The van der Waals surface area contributed by atoms with E-state index in [0.29, 0.717) is 32.0 Å². The highest BCUT2D eigenvalue weighted by Gasteiger charge is 2.20. The Morgan fingerprint density at radius 2 is 2.11 bits per heavy atom. The molecule has 0 spiro atoms. The summed E-state index contributed by atoms with van der Waals surface area (Å²) < 4.78 is 1.73. The van der Waals surface area contributed by atoms with Gasteiger partial charge < -0.3 is 15.1 Å². The summed E-state index contributed by atoms with van der Waals surface area (Å²) in [6, 6.07) is 9.50. The van der Waals surface area contributed by atoms with Gasteiger partial charge in [-0.3, -0.25) is 10.00 Å². The first-order valence-corrected chi connectivity index (χ1v) is 9.11. The van der Waals surface area contributed by atoms with Crippen LogP contribution in [0.3, 0.4) is 0 Å². The van der Waals surface area contributed by atoms with Gasteiger partial charge >= 0.3 is 12.1 Å². The van der Waals surface area contributed by atoms with Crippen LogP contribution in [0.25, 0.3) is 0 Å². The highest BCUT2D eigenvalue weighted by atomic mass is 16.2. The Kier molecular flexibility index (Phi) is 5.63. The molecule has 8 nitrogen and oxygen atoms in total. The van der Waals surface area contributed by atoms with E-state index in [1.807, 2.05) is 38.1 Å². The Balaban J connectivity index is 1.55. The molecule has 2 N–H and O–H groups in total. The van der Waals surface area contributed by atoms with E-state index in [1.54, 1.807) is 33.8 Å². The van der Waals surface area contributed by atoms with E-state index in [2.05, 4.69) is 15.7 Å². The zero-order chi connectivity index (χ0) is 19.4. The molecule has 1 atom stereocenters. The molecule has 1 aromatic carbocycles. The van der Waals surface area contributed by atoms with Crippen LogP contribution in [0.2, 0.25) is 0 Å². The first-order valence-electron chi connectivity index (χ1n) is 9.11. The number of nitrogens with zero attached hydrogens (tertiary/aromatic N) is 4. The van der Waals surface area contributed by atoms with Crippen LogP contribution in [0.5, 0.6) is 0 Å². The number of amides is 4. The van der Waals surface area contributed by atoms with Gasteiger partial charge in [0, 0.05) is 38.9 Å². The van der Waals surface area contributed by atoms with Crippen molar-refractivity contribution in [2.75, 3.05) is 32.0 Å². The number of carbonyl (C=O) groups excluding carboxylic acids is 2. The predicted molar refractivity (Wildman–Crippen MR) is 104 cm³/mol. The summed E-state index contributed by atoms with van der Waals surface area (Å²) in [7, 11) is 1.77. The third-order valence-corrected chi connectivity index (χ3v) is 4.96. The van der Waals surface area contributed by atoms with E-state index in [4.69, 9.17) is 0 Å². The van der Waals surface area contributed by atoms with Crippen LogP contribution in [-0.4, -0.2) is 58.3 Å². The van der Waals surface area contributed by atoms with Gasteiger partial charge in [-0.1, -0.05) is 24.3 Å². The molecule has 0 aliphatic carbocycles. The van der Waals surface area contributed by atoms with Crippen molar-refractivity contribution in [2.45, 2.75) is 26.4 Å². The van der Waals surface area contributed by atoms with Crippen molar-refractivity contribution < 1.29 is 9.59 Å². The maximum absolute atomic E-state index is 12.6. The maximum atomic E-state index is 12.6. The normalized spacial score (nSPS) is 14.8. The fourth-order valence-electron chi connectivity index (χ4n) is 3.14. The van der Waals surface area contributed by atoms with Crippen LogP contribution in [0.15, 0.2) is 36.5 Å². The Hall–Kier alpha value is -3.03. The molecule has 2 heterocycles. The van der Waals surface area contributed by atoms with Crippen LogP contribution in [-0.2, 0) is 6.54 Å². The minimum atomic E-state index is -0.213. The number of hydrogen-bond acceptors (Lipinski definition) is 3. The maximum Gasteiger partial charge on any atom is 0.323 e. The molecular formula is C19H26N6O2. The minimum absolute atomic E-state index is 0.0394. The molecule has 1 unspecified atom stereocenters. The van der Waals surface area contributed by atoms with Crippen LogP contribution >= 0.6 is 0 Å². The van der Waals surface area contributed by atoms with Crippen LogP contribution in [0.1, 0.15) is 24.1 Å². The molecule has 1 saturated heterocycles. The number of urea groups is 2. The zero-order valence-electron chi connectivity index (χ0n) is 16.0. The Labute approximate surface area is 159 Å². The van der Waals surface area contributed by atoms with Crippen molar-refractivity contribution in [3.63, 3.8) is 0 Å². The lowest BCUT2D eigenvalue weighted by molar-refractivity contribution is 0.208.